The summed E-state index contributed by atoms with van der Waals surface area (Å²) >= 11 is 1.03. The Balaban J connectivity index is 1.63. The highest BCUT2D eigenvalue weighted by molar-refractivity contribution is 7.92. The van der Waals surface area contributed by atoms with Gasteiger partial charge in [-0.15, -0.1) is 13.2 Å². The molecule has 0 spiro atoms. The van der Waals surface area contributed by atoms with Crippen molar-refractivity contribution in [2.75, 3.05) is 16.6 Å². The van der Waals surface area contributed by atoms with Crippen LogP contribution >= 0.6 is 11.3 Å². The van der Waals surface area contributed by atoms with E-state index in [0.29, 0.717) is 28.5 Å². The number of alkyl halides is 3. The van der Waals surface area contributed by atoms with Crippen LogP contribution in [0.25, 0.3) is 21.7 Å². The largest absolute Gasteiger partial charge is 0.573 e. The number of thiazole rings is 1. The van der Waals surface area contributed by atoms with Crippen molar-refractivity contribution in [3.8, 4) is 27.4 Å². The average molecular weight is 575 g/mol. The molecule has 0 atom stereocenters. The number of pyridine rings is 1. The van der Waals surface area contributed by atoms with Crippen molar-refractivity contribution >= 4 is 32.3 Å². The number of hydrogen-bond acceptors (Lipinski definition) is 7. The van der Waals surface area contributed by atoms with E-state index in [0.717, 1.165) is 54.6 Å². The molecule has 0 saturated carbocycles. The summed E-state index contributed by atoms with van der Waals surface area (Å²) in [5, 5.41) is 3.08. The van der Waals surface area contributed by atoms with Crippen molar-refractivity contribution in [1.82, 2.24) is 9.97 Å². The van der Waals surface area contributed by atoms with E-state index < -0.39 is 16.4 Å². The number of anilines is 2. The summed E-state index contributed by atoms with van der Waals surface area (Å²) in [6, 6.07) is 18.0. The van der Waals surface area contributed by atoms with E-state index in [9.17, 15) is 21.6 Å². The molecule has 0 aliphatic carbocycles. The van der Waals surface area contributed by atoms with Crippen molar-refractivity contribution in [2.45, 2.75) is 43.5 Å². The number of benzene rings is 2. The van der Waals surface area contributed by atoms with E-state index in [1.807, 2.05) is 24.3 Å². The Kier molecular flexibility index (Phi) is 7.76. The van der Waals surface area contributed by atoms with Gasteiger partial charge < -0.3 is 10.1 Å². The van der Waals surface area contributed by atoms with Crippen molar-refractivity contribution < 1.29 is 26.3 Å². The number of aromatic nitrogens is 2. The molecule has 2 N–H and O–H groups in total. The molecule has 4 bridgehead atoms. The normalized spacial score (nSPS) is 15.8. The SMILES string of the molecule is O=S1(=O)Nc2nc(c(-c3cccc(OC(F)(F)F)c3)s2)-c2ccccc2CCCCCCNc2cccc1n2. The lowest BCUT2D eigenvalue weighted by atomic mass is 9.97. The highest BCUT2D eigenvalue weighted by Crippen LogP contribution is 2.42. The third kappa shape index (κ3) is 6.69. The summed E-state index contributed by atoms with van der Waals surface area (Å²) in [6.07, 6.45) is -0.215. The lowest BCUT2D eigenvalue weighted by Crippen LogP contribution is -2.17. The van der Waals surface area contributed by atoms with Gasteiger partial charge in [0.05, 0.1) is 10.6 Å². The number of nitrogens with one attached hydrogen (secondary N) is 2. The highest BCUT2D eigenvalue weighted by atomic mass is 32.2. The van der Waals surface area contributed by atoms with Crippen molar-refractivity contribution in [3.63, 3.8) is 0 Å². The van der Waals surface area contributed by atoms with E-state index in [2.05, 4.69) is 24.7 Å². The minimum absolute atomic E-state index is 0.0708. The molecule has 2 aromatic heterocycles. The number of nitrogens with zero attached hydrogens (tertiary/aromatic N) is 2. The molecule has 4 aromatic rings. The van der Waals surface area contributed by atoms with Crippen LogP contribution in [0.1, 0.15) is 31.2 Å². The van der Waals surface area contributed by atoms with Gasteiger partial charge in [-0.05, 0) is 54.7 Å². The maximum atomic E-state index is 13.2. The fourth-order valence-electron chi connectivity index (χ4n) is 4.39. The van der Waals surface area contributed by atoms with Gasteiger partial charge in [-0.2, -0.15) is 8.42 Å². The number of hydrogen-bond donors (Lipinski definition) is 2. The molecular weight excluding hydrogens is 549 g/mol. The molecule has 7 nitrogen and oxygen atoms in total. The Labute approximate surface area is 228 Å². The summed E-state index contributed by atoms with van der Waals surface area (Å²) in [5.74, 6) is 0.0781. The van der Waals surface area contributed by atoms with Crippen LogP contribution in [0, 0.1) is 0 Å². The van der Waals surface area contributed by atoms with E-state index in [4.69, 9.17) is 0 Å². The van der Waals surface area contributed by atoms with E-state index in [1.54, 1.807) is 18.2 Å². The zero-order valence-corrected chi connectivity index (χ0v) is 22.3. The molecule has 1 aliphatic heterocycles. The highest BCUT2D eigenvalue weighted by Gasteiger charge is 2.31. The Hall–Kier alpha value is -3.64. The van der Waals surface area contributed by atoms with Crippen LogP contribution < -0.4 is 14.8 Å². The van der Waals surface area contributed by atoms with Crippen LogP contribution in [0.3, 0.4) is 0 Å². The Bertz CT molecular complexity index is 1570. The Morgan fingerprint density at radius 1 is 0.897 bits per heavy atom. The molecule has 0 amide bonds. The van der Waals surface area contributed by atoms with E-state index >= 15 is 0 Å². The van der Waals surface area contributed by atoms with Gasteiger partial charge in [0, 0.05) is 12.1 Å². The molecule has 204 valence electrons. The van der Waals surface area contributed by atoms with Crippen LogP contribution in [0.15, 0.2) is 71.8 Å². The van der Waals surface area contributed by atoms with Gasteiger partial charge in [-0.1, -0.05) is 66.6 Å². The number of rotatable bonds is 2. The van der Waals surface area contributed by atoms with E-state index in [1.165, 1.54) is 24.3 Å². The van der Waals surface area contributed by atoms with Gasteiger partial charge in [0.15, 0.2) is 10.2 Å². The standard InChI is InChI=1S/C27H25F3N4O3S2/c28-27(29,30)37-20-12-7-11-19(17-20)25-24-21-13-5-4-10-18(21)9-3-1-2-6-16-31-22-14-8-15-23(32-22)39(35,36)34-26(33-24)38-25/h4-5,7-8,10-15,17H,1-3,6,9,16H2,(H,31,32)(H,33,34). The average Bonchev–Trinajstić information content (AvgIpc) is 3.30. The molecule has 12 heteroatoms. The molecule has 0 radical (unpaired) electrons. The molecule has 0 unspecified atom stereocenters. The minimum Gasteiger partial charge on any atom is -0.406 e. The van der Waals surface area contributed by atoms with Crippen LogP contribution in [0.5, 0.6) is 5.75 Å². The first-order valence-electron chi connectivity index (χ1n) is 12.4. The summed E-state index contributed by atoms with van der Waals surface area (Å²) in [5.41, 5.74) is 2.72. The van der Waals surface area contributed by atoms with Gasteiger partial charge >= 0.3 is 6.36 Å². The molecular formula is C27H25F3N4O3S2. The van der Waals surface area contributed by atoms with Gasteiger partial charge in [-0.25, -0.2) is 9.97 Å². The maximum absolute atomic E-state index is 13.2. The zero-order valence-electron chi connectivity index (χ0n) is 20.7. The Morgan fingerprint density at radius 3 is 2.54 bits per heavy atom. The number of halogens is 3. The molecule has 39 heavy (non-hydrogen) atoms. The fourth-order valence-corrected chi connectivity index (χ4v) is 6.57. The first-order chi connectivity index (χ1) is 18.7. The predicted molar refractivity (Wildman–Crippen MR) is 145 cm³/mol. The van der Waals surface area contributed by atoms with E-state index in [-0.39, 0.29) is 15.9 Å². The second-order valence-corrected chi connectivity index (χ2v) is 11.6. The molecule has 2 aromatic carbocycles. The molecule has 5 rings (SSSR count). The first-order valence-corrected chi connectivity index (χ1v) is 14.7. The summed E-state index contributed by atoms with van der Waals surface area (Å²) in [6.45, 7) is 0.677. The summed E-state index contributed by atoms with van der Waals surface area (Å²) < 4.78 is 71.9. The Morgan fingerprint density at radius 2 is 1.69 bits per heavy atom. The van der Waals surface area contributed by atoms with Gasteiger partial charge in [0.25, 0.3) is 10.0 Å². The van der Waals surface area contributed by atoms with Crippen molar-refractivity contribution in [2.24, 2.45) is 0 Å². The van der Waals surface area contributed by atoms with Crippen LogP contribution in [0.2, 0.25) is 0 Å². The fraction of sp³-hybridized carbons (Fsp3) is 0.259. The predicted octanol–water partition coefficient (Wildman–Crippen LogP) is 7.10. The topological polar surface area (TPSA) is 93.2 Å². The third-order valence-corrected chi connectivity index (χ3v) is 8.52. The molecule has 3 heterocycles. The summed E-state index contributed by atoms with van der Waals surface area (Å²) in [7, 11) is -4.10. The lowest BCUT2D eigenvalue weighted by Gasteiger charge is -2.12. The second kappa shape index (κ2) is 11.2. The van der Waals surface area contributed by atoms with Gasteiger partial charge in [0.1, 0.15) is 11.6 Å². The number of ether oxygens (including phenoxy) is 1. The van der Waals surface area contributed by atoms with Crippen LogP contribution in [-0.4, -0.2) is 31.3 Å². The third-order valence-electron chi connectivity index (χ3n) is 6.13. The van der Waals surface area contributed by atoms with Gasteiger partial charge in [0.2, 0.25) is 0 Å². The van der Waals surface area contributed by atoms with Crippen molar-refractivity contribution in [3.05, 3.63) is 72.3 Å². The van der Waals surface area contributed by atoms with Crippen LogP contribution in [-0.2, 0) is 16.4 Å². The molecule has 0 saturated heterocycles. The maximum Gasteiger partial charge on any atom is 0.573 e. The number of sulfonamides is 1. The smallest absolute Gasteiger partial charge is 0.406 e. The first kappa shape index (κ1) is 26.9. The molecule has 0 fully saturated rings. The zero-order chi connectivity index (χ0) is 27.5. The quantitative estimate of drug-likeness (QED) is 0.265. The second-order valence-electron chi connectivity index (χ2n) is 8.99. The minimum atomic E-state index is -4.85. The monoisotopic (exact) mass is 574 g/mol. The number of fused-ring (bicyclic) bond motifs is 6. The summed E-state index contributed by atoms with van der Waals surface area (Å²) in [4.78, 5) is 9.40. The number of aryl methyl sites for hydroxylation is 1. The van der Waals surface area contributed by atoms with Crippen LogP contribution in [0.4, 0.5) is 24.1 Å². The van der Waals surface area contributed by atoms with Gasteiger partial charge in [-0.3, -0.25) is 4.72 Å². The van der Waals surface area contributed by atoms with Crippen molar-refractivity contribution in [1.29, 1.82) is 0 Å². The lowest BCUT2D eigenvalue weighted by molar-refractivity contribution is -0.274. The molecule has 1 aliphatic rings.